The van der Waals surface area contributed by atoms with E-state index < -0.39 is 0 Å². The molecule has 128 valence electrons. The van der Waals surface area contributed by atoms with E-state index in [0.717, 1.165) is 29.4 Å². The van der Waals surface area contributed by atoms with Crippen LogP contribution in [0.5, 0.6) is 11.5 Å². The van der Waals surface area contributed by atoms with Crippen LogP contribution < -0.4 is 15.4 Å². The number of hydrogen-bond donors (Lipinski definition) is 2. The summed E-state index contributed by atoms with van der Waals surface area (Å²) in [6, 6.07) is 19.7. The highest BCUT2D eigenvalue weighted by atomic mass is 16.5. The number of nitrogens with one attached hydrogen (secondary N) is 2. The fraction of sp³-hybridized carbons (Fsp3) is 0.200. The highest BCUT2D eigenvalue weighted by Gasteiger charge is 2.04. The zero-order valence-electron chi connectivity index (χ0n) is 14.4. The Bertz CT molecular complexity index is 790. The van der Waals surface area contributed by atoms with Gasteiger partial charge in [-0.2, -0.15) is 4.98 Å². The lowest BCUT2D eigenvalue weighted by Crippen LogP contribution is -2.15. The molecule has 5 nitrogen and oxygen atoms in total. The Hall–Kier alpha value is -3.08. The topological polar surface area (TPSA) is 59.1 Å². The summed E-state index contributed by atoms with van der Waals surface area (Å²) in [5, 5.41) is 6.55. The van der Waals surface area contributed by atoms with Crippen LogP contribution in [0.1, 0.15) is 20.3 Å². The van der Waals surface area contributed by atoms with Crippen molar-refractivity contribution in [3.63, 3.8) is 0 Å². The molecule has 0 aliphatic rings. The Morgan fingerprint density at radius 3 is 2.40 bits per heavy atom. The summed E-state index contributed by atoms with van der Waals surface area (Å²) in [7, 11) is 0. The maximum atomic E-state index is 5.80. The lowest BCUT2D eigenvalue weighted by Gasteiger charge is -2.12. The fourth-order valence-corrected chi connectivity index (χ4v) is 2.20. The second-order valence-corrected chi connectivity index (χ2v) is 5.78. The molecular formula is C20H22N4O. The Kier molecular flexibility index (Phi) is 5.46. The molecule has 3 aromatic rings. The second kappa shape index (κ2) is 8.15. The van der Waals surface area contributed by atoms with Gasteiger partial charge in [-0.3, -0.25) is 0 Å². The largest absolute Gasteiger partial charge is 0.457 e. The van der Waals surface area contributed by atoms with Crippen molar-refractivity contribution in [3.8, 4) is 11.5 Å². The van der Waals surface area contributed by atoms with Crippen molar-refractivity contribution in [2.75, 3.05) is 10.6 Å². The van der Waals surface area contributed by atoms with Crippen LogP contribution in [0.25, 0.3) is 0 Å². The van der Waals surface area contributed by atoms with E-state index in [2.05, 4.69) is 34.4 Å². The highest BCUT2D eigenvalue weighted by molar-refractivity contribution is 5.58. The van der Waals surface area contributed by atoms with E-state index in [1.807, 2.05) is 60.7 Å². The zero-order valence-corrected chi connectivity index (χ0v) is 14.4. The zero-order chi connectivity index (χ0) is 17.5. The number of rotatable bonds is 7. The molecule has 0 saturated carbocycles. The summed E-state index contributed by atoms with van der Waals surface area (Å²) >= 11 is 0. The molecule has 0 aliphatic carbocycles. The van der Waals surface area contributed by atoms with Gasteiger partial charge in [0.25, 0.3) is 0 Å². The third-order valence-electron chi connectivity index (χ3n) is 3.75. The summed E-state index contributed by atoms with van der Waals surface area (Å²) in [4.78, 5) is 8.73. The number of benzene rings is 2. The van der Waals surface area contributed by atoms with Crippen molar-refractivity contribution in [2.24, 2.45) is 0 Å². The van der Waals surface area contributed by atoms with Crippen LogP contribution in [-0.2, 0) is 0 Å². The van der Waals surface area contributed by atoms with E-state index in [1.54, 1.807) is 6.20 Å². The monoisotopic (exact) mass is 334 g/mol. The van der Waals surface area contributed by atoms with Gasteiger partial charge in [0.15, 0.2) is 0 Å². The first kappa shape index (κ1) is 16.8. The van der Waals surface area contributed by atoms with Crippen molar-refractivity contribution < 1.29 is 4.74 Å². The van der Waals surface area contributed by atoms with E-state index >= 15 is 0 Å². The maximum Gasteiger partial charge on any atom is 0.224 e. The first-order chi connectivity index (χ1) is 12.2. The Labute approximate surface area is 148 Å². The summed E-state index contributed by atoms with van der Waals surface area (Å²) in [6.45, 7) is 4.23. The lowest BCUT2D eigenvalue weighted by molar-refractivity contribution is 0.483. The molecule has 25 heavy (non-hydrogen) atoms. The Balaban J connectivity index is 1.64. The van der Waals surface area contributed by atoms with Gasteiger partial charge in [-0.1, -0.05) is 25.1 Å². The van der Waals surface area contributed by atoms with Crippen LogP contribution in [0.3, 0.4) is 0 Å². The highest BCUT2D eigenvalue weighted by Crippen LogP contribution is 2.24. The van der Waals surface area contributed by atoms with E-state index in [0.29, 0.717) is 12.0 Å². The van der Waals surface area contributed by atoms with Crippen molar-refractivity contribution in [3.05, 3.63) is 66.9 Å². The SMILES string of the molecule is CCC(C)Nc1nccc(Nc2ccc(Oc3ccccc3)cc2)n1. The molecular weight excluding hydrogens is 312 g/mol. The number of hydrogen-bond acceptors (Lipinski definition) is 5. The van der Waals surface area contributed by atoms with Crippen molar-refractivity contribution in [2.45, 2.75) is 26.3 Å². The number of anilines is 3. The van der Waals surface area contributed by atoms with Gasteiger partial charge in [0.1, 0.15) is 17.3 Å². The first-order valence-electron chi connectivity index (χ1n) is 8.42. The predicted octanol–water partition coefficient (Wildman–Crippen LogP) is 5.22. The van der Waals surface area contributed by atoms with Gasteiger partial charge in [-0.05, 0) is 55.8 Å². The molecule has 2 N–H and O–H groups in total. The average Bonchev–Trinajstić information content (AvgIpc) is 2.64. The molecule has 3 rings (SSSR count). The standard InChI is InChI=1S/C20H22N4O/c1-3-15(2)22-20-21-14-13-19(24-20)23-16-9-11-18(12-10-16)25-17-7-5-4-6-8-17/h4-15H,3H2,1-2H3,(H2,21,22,23,24). The summed E-state index contributed by atoms with van der Waals surface area (Å²) < 4.78 is 5.80. The van der Waals surface area contributed by atoms with E-state index in [4.69, 9.17) is 4.74 Å². The smallest absolute Gasteiger partial charge is 0.224 e. The van der Waals surface area contributed by atoms with Crippen LogP contribution in [-0.4, -0.2) is 16.0 Å². The number of aromatic nitrogens is 2. The Morgan fingerprint density at radius 2 is 1.68 bits per heavy atom. The van der Waals surface area contributed by atoms with Crippen molar-refractivity contribution >= 4 is 17.5 Å². The third-order valence-corrected chi connectivity index (χ3v) is 3.75. The van der Waals surface area contributed by atoms with Crippen LogP contribution in [0.4, 0.5) is 17.5 Å². The van der Waals surface area contributed by atoms with Crippen LogP contribution in [0.15, 0.2) is 66.9 Å². The van der Waals surface area contributed by atoms with Gasteiger partial charge >= 0.3 is 0 Å². The maximum absolute atomic E-state index is 5.80. The molecule has 0 radical (unpaired) electrons. The summed E-state index contributed by atoms with van der Waals surface area (Å²) in [6.07, 6.45) is 2.76. The van der Waals surface area contributed by atoms with Gasteiger partial charge < -0.3 is 15.4 Å². The summed E-state index contributed by atoms with van der Waals surface area (Å²) in [5.41, 5.74) is 0.939. The predicted molar refractivity (Wildman–Crippen MR) is 102 cm³/mol. The molecule has 0 saturated heterocycles. The molecule has 0 amide bonds. The molecule has 0 bridgehead atoms. The van der Waals surface area contributed by atoms with Gasteiger partial charge in [0.05, 0.1) is 0 Å². The van der Waals surface area contributed by atoms with Gasteiger partial charge in [0.2, 0.25) is 5.95 Å². The number of para-hydroxylation sites is 1. The molecule has 0 spiro atoms. The molecule has 1 atom stereocenters. The number of nitrogens with zero attached hydrogens (tertiary/aromatic N) is 2. The molecule has 2 aromatic carbocycles. The van der Waals surface area contributed by atoms with Crippen molar-refractivity contribution in [1.29, 1.82) is 0 Å². The fourth-order valence-electron chi connectivity index (χ4n) is 2.20. The molecule has 0 fully saturated rings. The molecule has 1 unspecified atom stereocenters. The van der Waals surface area contributed by atoms with E-state index in [1.165, 1.54) is 0 Å². The van der Waals surface area contributed by atoms with Gasteiger partial charge in [0, 0.05) is 17.9 Å². The van der Waals surface area contributed by atoms with Crippen molar-refractivity contribution in [1.82, 2.24) is 9.97 Å². The van der Waals surface area contributed by atoms with Gasteiger partial charge in [-0.25, -0.2) is 4.98 Å². The van der Waals surface area contributed by atoms with Crippen LogP contribution >= 0.6 is 0 Å². The van der Waals surface area contributed by atoms with E-state index in [-0.39, 0.29) is 0 Å². The minimum Gasteiger partial charge on any atom is -0.457 e. The average molecular weight is 334 g/mol. The first-order valence-corrected chi connectivity index (χ1v) is 8.42. The minimum absolute atomic E-state index is 0.338. The molecule has 1 heterocycles. The molecule has 0 aliphatic heterocycles. The number of ether oxygens (including phenoxy) is 1. The van der Waals surface area contributed by atoms with Crippen LogP contribution in [0.2, 0.25) is 0 Å². The molecule has 5 heteroatoms. The minimum atomic E-state index is 0.338. The summed E-state index contributed by atoms with van der Waals surface area (Å²) in [5.74, 6) is 2.99. The quantitative estimate of drug-likeness (QED) is 0.620. The second-order valence-electron chi connectivity index (χ2n) is 5.78. The molecule has 1 aromatic heterocycles. The Morgan fingerprint density at radius 1 is 0.960 bits per heavy atom. The lowest BCUT2D eigenvalue weighted by atomic mass is 10.3. The van der Waals surface area contributed by atoms with Gasteiger partial charge in [-0.15, -0.1) is 0 Å². The third kappa shape index (κ3) is 4.94. The van der Waals surface area contributed by atoms with E-state index in [9.17, 15) is 0 Å². The van der Waals surface area contributed by atoms with Crippen LogP contribution in [0, 0.1) is 0 Å². The normalized spacial score (nSPS) is 11.6.